The highest BCUT2D eigenvalue weighted by molar-refractivity contribution is 7.13. The number of carbonyl (C=O) groups excluding carboxylic acids is 1. The van der Waals surface area contributed by atoms with E-state index in [2.05, 4.69) is 5.16 Å². The van der Waals surface area contributed by atoms with E-state index in [-0.39, 0.29) is 5.91 Å². The molecule has 1 aliphatic heterocycles. The van der Waals surface area contributed by atoms with Crippen LogP contribution in [0.2, 0.25) is 0 Å². The number of amides is 1. The smallest absolute Gasteiger partial charge is 0.276 e. The molecule has 0 aromatic carbocycles. The average molecular weight is 292 g/mol. The van der Waals surface area contributed by atoms with Crippen LogP contribution in [0.5, 0.6) is 0 Å². The lowest BCUT2D eigenvalue weighted by atomic mass is 9.94. The molecule has 1 aliphatic rings. The van der Waals surface area contributed by atoms with Crippen LogP contribution in [0.25, 0.3) is 10.6 Å². The van der Waals surface area contributed by atoms with Gasteiger partial charge < -0.3 is 14.5 Å². The quantitative estimate of drug-likeness (QED) is 0.923. The molecule has 0 saturated carbocycles. The Balaban J connectivity index is 1.72. The lowest BCUT2D eigenvalue weighted by molar-refractivity contribution is -0.00228. The lowest BCUT2D eigenvalue weighted by Crippen LogP contribution is -2.45. The van der Waals surface area contributed by atoms with Gasteiger partial charge in [-0.15, -0.1) is 11.3 Å². The van der Waals surface area contributed by atoms with E-state index in [9.17, 15) is 9.90 Å². The molecule has 2 aromatic heterocycles. The highest BCUT2D eigenvalue weighted by Gasteiger charge is 2.31. The van der Waals surface area contributed by atoms with Crippen molar-refractivity contribution >= 4 is 17.2 Å². The van der Waals surface area contributed by atoms with E-state index < -0.39 is 5.60 Å². The van der Waals surface area contributed by atoms with Crippen molar-refractivity contribution in [3.8, 4) is 10.6 Å². The molecule has 2 aromatic rings. The molecule has 0 bridgehead atoms. The highest BCUT2D eigenvalue weighted by atomic mass is 32.1. The van der Waals surface area contributed by atoms with E-state index in [0.717, 1.165) is 4.88 Å². The highest BCUT2D eigenvalue weighted by Crippen LogP contribution is 2.27. The van der Waals surface area contributed by atoms with Gasteiger partial charge in [0, 0.05) is 19.2 Å². The fourth-order valence-electron chi connectivity index (χ4n) is 2.26. The number of hydrogen-bond donors (Lipinski definition) is 1. The van der Waals surface area contributed by atoms with Crippen LogP contribution in [0.4, 0.5) is 0 Å². The lowest BCUT2D eigenvalue weighted by Gasteiger charge is -2.35. The standard InChI is InChI=1S/C14H16N2O3S/c1-14(18)4-6-16(7-5-14)13(17)10-9-11(19-15-10)12-3-2-8-20-12/h2-3,8-9,18H,4-7H2,1H3. The van der Waals surface area contributed by atoms with Gasteiger partial charge in [0.15, 0.2) is 11.5 Å². The number of rotatable bonds is 2. The molecule has 6 heteroatoms. The summed E-state index contributed by atoms with van der Waals surface area (Å²) in [4.78, 5) is 15.0. The van der Waals surface area contributed by atoms with Gasteiger partial charge in [0.25, 0.3) is 5.91 Å². The number of carbonyl (C=O) groups is 1. The van der Waals surface area contributed by atoms with Crippen molar-refractivity contribution < 1.29 is 14.4 Å². The van der Waals surface area contributed by atoms with E-state index in [0.29, 0.717) is 37.4 Å². The number of nitrogens with zero attached hydrogens (tertiary/aromatic N) is 2. The van der Waals surface area contributed by atoms with Crippen LogP contribution in [0.15, 0.2) is 28.1 Å². The molecular weight excluding hydrogens is 276 g/mol. The Labute approximate surface area is 120 Å². The number of aromatic nitrogens is 1. The summed E-state index contributed by atoms with van der Waals surface area (Å²) >= 11 is 1.54. The van der Waals surface area contributed by atoms with Gasteiger partial charge in [0.1, 0.15) is 0 Å². The van der Waals surface area contributed by atoms with E-state index >= 15 is 0 Å². The van der Waals surface area contributed by atoms with Gasteiger partial charge in [-0.3, -0.25) is 4.79 Å². The molecule has 1 N–H and O–H groups in total. The molecule has 106 valence electrons. The summed E-state index contributed by atoms with van der Waals surface area (Å²) in [6, 6.07) is 5.54. The summed E-state index contributed by atoms with van der Waals surface area (Å²) in [6.45, 7) is 2.90. The molecule has 1 saturated heterocycles. The first-order chi connectivity index (χ1) is 9.55. The van der Waals surface area contributed by atoms with Crippen LogP contribution in [-0.4, -0.2) is 39.8 Å². The summed E-state index contributed by atoms with van der Waals surface area (Å²) in [6.07, 6.45) is 1.18. The Morgan fingerprint density at radius 1 is 1.50 bits per heavy atom. The molecule has 0 aliphatic carbocycles. The second-order valence-corrected chi connectivity index (χ2v) is 6.29. The van der Waals surface area contributed by atoms with Crippen LogP contribution in [0.1, 0.15) is 30.3 Å². The molecule has 20 heavy (non-hydrogen) atoms. The summed E-state index contributed by atoms with van der Waals surface area (Å²) in [7, 11) is 0. The minimum Gasteiger partial charge on any atom is -0.390 e. The molecule has 0 spiro atoms. The monoisotopic (exact) mass is 292 g/mol. The van der Waals surface area contributed by atoms with Gasteiger partial charge in [-0.2, -0.15) is 0 Å². The van der Waals surface area contributed by atoms with Crippen LogP contribution in [-0.2, 0) is 0 Å². The molecule has 1 amide bonds. The third-order valence-electron chi connectivity index (χ3n) is 3.62. The van der Waals surface area contributed by atoms with E-state index in [1.165, 1.54) is 0 Å². The zero-order valence-electron chi connectivity index (χ0n) is 11.2. The number of thiophene rings is 1. The third kappa shape index (κ3) is 2.62. The SMILES string of the molecule is CC1(O)CCN(C(=O)c2cc(-c3cccs3)on2)CC1. The molecule has 0 atom stereocenters. The second-order valence-electron chi connectivity index (χ2n) is 5.34. The number of piperidine rings is 1. The summed E-state index contributed by atoms with van der Waals surface area (Å²) in [5.41, 5.74) is -0.335. The number of aliphatic hydroxyl groups is 1. The summed E-state index contributed by atoms with van der Waals surface area (Å²) < 4.78 is 5.23. The fraction of sp³-hybridized carbons (Fsp3) is 0.429. The first kappa shape index (κ1) is 13.3. The predicted octanol–water partition coefficient (Wildman–Crippen LogP) is 2.39. The van der Waals surface area contributed by atoms with Crippen LogP contribution < -0.4 is 0 Å². The Hall–Kier alpha value is -1.66. The van der Waals surface area contributed by atoms with Gasteiger partial charge in [-0.25, -0.2) is 0 Å². The largest absolute Gasteiger partial charge is 0.390 e. The van der Waals surface area contributed by atoms with E-state index in [1.54, 1.807) is 29.2 Å². The van der Waals surface area contributed by atoms with Crippen molar-refractivity contribution in [2.45, 2.75) is 25.4 Å². The van der Waals surface area contributed by atoms with Crippen molar-refractivity contribution in [2.24, 2.45) is 0 Å². The molecule has 0 unspecified atom stereocenters. The first-order valence-corrected chi connectivity index (χ1v) is 7.45. The Bertz CT molecular complexity index is 594. The van der Waals surface area contributed by atoms with E-state index in [1.807, 2.05) is 17.5 Å². The first-order valence-electron chi connectivity index (χ1n) is 6.57. The number of hydrogen-bond acceptors (Lipinski definition) is 5. The van der Waals surface area contributed by atoms with Gasteiger partial charge in [-0.1, -0.05) is 11.2 Å². The van der Waals surface area contributed by atoms with Gasteiger partial charge >= 0.3 is 0 Å². The van der Waals surface area contributed by atoms with Crippen molar-refractivity contribution in [2.75, 3.05) is 13.1 Å². The fourth-order valence-corrected chi connectivity index (χ4v) is 2.94. The molecule has 1 fully saturated rings. The average Bonchev–Trinajstić information content (AvgIpc) is 3.09. The zero-order chi connectivity index (χ0) is 14.2. The second kappa shape index (κ2) is 5.03. The van der Waals surface area contributed by atoms with Crippen molar-refractivity contribution in [1.29, 1.82) is 0 Å². The molecule has 3 rings (SSSR count). The van der Waals surface area contributed by atoms with Crippen molar-refractivity contribution in [3.63, 3.8) is 0 Å². The van der Waals surface area contributed by atoms with E-state index in [4.69, 9.17) is 4.52 Å². The summed E-state index contributed by atoms with van der Waals surface area (Å²) in [5, 5.41) is 15.7. The van der Waals surface area contributed by atoms with Crippen LogP contribution >= 0.6 is 11.3 Å². The maximum absolute atomic E-state index is 12.3. The van der Waals surface area contributed by atoms with Gasteiger partial charge in [0.2, 0.25) is 0 Å². The molecular formula is C14H16N2O3S. The third-order valence-corrected chi connectivity index (χ3v) is 4.51. The molecule has 3 heterocycles. The molecule has 0 radical (unpaired) electrons. The van der Waals surface area contributed by atoms with Gasteiger partial charge in [0.05, 0.1) is 10.5 Å². The predicted molar refractivity (Wildman–Crippen MR) is 75.6 cm³/mol. The van der Waals surface area contributed by atoms with Gasteiger partial charge in [-0.05, 0) is 31.2 Å². The van der Waals surface area contributed by atoms with Crippen molar-refractivity contribution in [1.82, 2.24) is 10.1 Å². The Kier molecular flexibility index (Phi) is 3.35. The van der Waals surface area contributed by atoms with Crippen LogP contribution in [0, 0.1) is 0 Å². The number of likely N-dealkylation sites (tertiary alicyclic amines) is 1. The van der Waals surface area contributed by atoms with Crippen LogP contribution in [0.3, 0.4) is 0 Å². The molecule has 5 nitrogen and oxygen atoms in total. The minimum absolute atomic E-state index is 0.132. The zero-order valence-corrected chi connectivity index (χ0v) is 12.0. The minimum atomic E-state index is -0.664. The Morgan fingerprint density at radius 3 is 2.90 bits per heavy atom. The maximum Gasteiger partial charge on any atom is 0.276 e. The maximum atomic E-state index is 12.3. The topological polar surface area (TPSA) is 66.6 Å². The summed E-state index contributed by atoms with van der Waals surface area (Å²) in [5.74, 6) is 0.486. The van der Waals surface area contributed by atoms with Crippen molar-refractivity contribution in [3.05, 3.63) is 29.3 Å². The normalized spacial score (nSPS) is 18.2. The Morgan fingerprint density at radius 2 is 2.25 bits per heavy atom.